The largest absolute Gasteiger partial charge is 0.362 e. The lowest BCUT2D eigenvalue weighted by Gasteiger charge is -2.36. The molecule has 1 saturated carbocycles. The van der Waals surface area contributed by atoms with E-state index >= 15 is 4.39 Å². The molecule has 4 amide bonds. The minimum absolute atomic E-state index is 0.0803. The summed E-state index contributed by atoms with van der Waals surface area (Å²) < 4.78 is 24.5. The van der Waals surface area contributed by atoms with Crippen molar-refractivity contribution in [3.05, 3.63) is 52.6 Å². The smallest absolute Gasteiger partial charge is 0.265 e. The zero-order valence-corrected chi connectivity index (χ0v) is 28.4. The van der Waals surface area contributed by atoms with Crippen LogP contribution in [0.15, 0.2) is 35.2 Å². The number of hydrogen-bond acceptors (Lipinski definition) is 10. The first-order valence-electron chi connectivity index (χ1n) is 16.6. The monoisotopic (exact) mass is 682 g/mol. The predicted octanol–water partition coefficient (Wildman–Crippen LogP) is 4.07. The number of halogens is 1. The van der Waals surface area contributed by atoms with Crippen LogP contribution < -0.4 is 16.0 Å². The Bertz CT molecular complexity index is 1570. The van der Waals surface area contributed by atoms with Gasteiger partial charge in [-0.05, 0) is 61.5 Å². The van der Waals surface area contributed by atoms with Gasteiger partial charge in [-0.1, -0.05) is 55.2 Å². The van der Waals surface area contributed by atoms with Crippen molar-refractivity contribution in [2.24, 2.45) is 11.8 Å². The fraction of sp³-hybridized carbons (Fsp3) is 0.545. The average Bonchev–Trinajstić information content (AvgIpc) is 3.71. The Kier molecular flexibility index (Phi) is 11.9. The Morgan fingerprint density at radius 3 is 2.33 bits per heavy atom. The van der Waals surface area contributed by atoms with E-state index in [1.54, 1.807) is 17.9 Å². The van der Waals surface area contributed by atoms with E-state index in [1.807, 2.05) is 14.0 Å². The maximum atomic E-state index is 15.8. The minimum Gasteiger partial charge on any atom is -0.362 e. The van der Waals surface area contributed by atoms with Crippen LogP contribution in [0.5, 0.6) is 0 Å². The standard InChI is InChI=1S/C33H43FN8O5S/c1-4-24-26(19-47-39-24)37-32(45)28(21-9-7-5-6-8-10-21)31(44)36-25-12-11-22(17-23(25)34)20(2)29(38-30(43)27-18-35-40-48-27)33(46)42-15-13-41(3)14-16-42/h11-12,17-21,28-29H,4-10,13-16H2,1-3H3,(H,36,44)(H,37,45)(H,38,43)/t20-,28+,29+/m0/s1. The van der Waals surface area contributed by atoms with Crippen LogP contribution in [0.2, 0.25) is 0 Å². The Morgan fingerprint density at radius 1 is 1.02 bits per heavy atom. The molecule has 3 aromatic rings. The molecule has 0 spiro atoms. The zero-order chi connectivity index (χ0) is 34.2. The van der Waals surface area contributed by atoms with Crippen molar-refractivity contribution < 1.29 is 28.1 Å². The van der Waals surface area contributed by atoms with Gasteiger partial charge >= 0.3 is 0 Å². The molecule has 2 fully saturated rings. The Hall–Kier alpha value is -4.24. The molecule has 2 aliphatic rings. The van der Waals surface area contributed by atoms with Gasteiger partial charge in [0, 0.05) is 32.1 Å². The molecule has 0 radical (unpaired) electrons. The van der Waals surface area contributed by atoms with Gasteiger partial charge in [0.15, 0.2) is 0 Å². The van der Waals surface area contributed by atoms with Gasteiger partial charge in [0.25, 0.3) is 5.91 Å². The Morgan fingerprint density at radius 2 is 1.71 bits per heavy atom. The number of nitrogens with one attached hydrogen (secondary N) is 3. The number of aryl methyl sites for hydroxylation is 1. The quantitative estimate of drug-likeness (QED) is 0.200. The molecule has 3 N–H and O–H groups in total. The van der Waals surface area contributed by atoms with Crippen LogP contribution in [0, 0.1) is 17.7 Å². The second-order valence-corrected chi connectivity index (χ2v) is 13.4. The number of nitrogens with zero attached hydrogens (tertiary/aromatic N) is 5. The van der Waals surface area contributed by atoms with Gasteiger partial charge in [-0.2, -0.15) is 0 Å². The molecule has 258 valence electrons. The molecule has 5 rings (SSSR count). The fourth-order valence-corrected chi connectivity index (χ4v) is 6.86. The number of piperazine rings is 1. The number of amides is 4. The molecule has 1 saturated heterocycles. The third-order valence-electron chi connectivity index (χ3n) is 9.40. The number of hydrogen-bond donors (Lipinski definition) is 3. The zero-order valence-electron chi connectivity index (χ0n) is 27.5. The van der Waals surface area contributed by atoms with Crippen molar-refractivity contribution in [1.29, 1.82) is 0 Å². The molecule has 0 unspecified atom stereocenters. The molecular formula is C33H43FN8O5S. The summed E-state index contributed by atoms with van der Waals surface area (Å²) in [5, 5.41) is 15.9. The normalized spacial score (nSPS) is 18.0. The van der Waals surface area contributed by atoms with Crippen LogP contribution in [0.3, 0.4) is 0 Å². The summed E-state index contributed by atoms with van der Waals surface area (Å²) >= 11 is 0.915. The Labute approximate surface area is 283 Å². The number of likely N-dealkylation sites (N-methyl/N-ethyl adjacent to an activating group) is 1. The van der Waals surface area contributed by atoms with Crippen LogP contribution in [-0.2, 0) is 20.8 Å². The van der Waals surface area contributed by atoms with E-state index in [4.69, 9.17) is 4.52 Å². The summed E-state index contributed by atoms with van der Waals surface area (Å²) in [7, 11) is 1.98. The summed E-state index contributed by atoms with van der Waals surface area (Å²) in [6, 6.07) is 3.33. The first kappa shape index (κ1) is 35.1. The number of rotatable bonds is 11. The molecule has 1 aromatic carbocycles. The highest BCUT2D eigenvalue weighted by molar-refractivity contribution is 7.07. The first-order chi connectivity index (χ1) is 23.2. The van der Waals surface area contributed by atoms with Crippen molar-refractivity contribution in [3.63, 3.8) is 0 Å². The highest BCUT2D eigenvalue weighted by Crippen LogP contribution is 2.32. The molecule has 3 heterocycles. The van der Waals surface area contributed by atoms with E-state index in [2.05, 4.69) is 35.6 Å². The van der Waals surface area contributed by atoms with Crippen LogP contribution in [0.25, 0.3) is 0 Å². The first-order valence-corrected chi connectivity index (χ1v) is 17.3. The van der Waals surface area contributed by atoms with E-state index in [9.17, 15) is 19.2 Å². The lowest BCUT2D eigenvalue weighted by Crippen LogP contribution is -2.55. The molecule has 0 bridgehead atoms. The van der Waals surface area contributed by atoms with E-state index in [0.29, 0.717) is 62.4 Å². The number of aromatic nitrogens is 3. The van der Waals surface area contributed by atoms with Crippen LogP contribution in [0.4, 0.5) is 15.8 Å². The summed E-state index contributed by atoms with van der Waals surface area (Å²) in [5.41, 5.74) is 1.36. The van der Waals surface area contributed by atoms with Crippen molar-refractivity contribution in [2.75, 3.05) is 43.9 Å². The molecule has 3 atom stereocenters. The van der Waals surface area contributed by atoms with E-state index in [-0.39, 0.29) is 22.4 Å². The molecule has 15 heteroatoms. The van der Waals surface area contributed by atoms with Crippen molar-refractivity contribution in [3.8, 4) is 0 Å². The number of carbonyl (C=O) groups excluding carboxylic acids is 4. The van der Waals surface area contributed by atoms with Crippen molar-refractivity contribution >= 4 is 46.5 Å². The third-order valence-corrected chi connectivity index (χ3v) is 10.1. The molecular weight excluding hydrogens is 639 g/mol. The van der Waals surface area contributed by atoms with Gasteiger partial charge in [-0.15, -0.1) is 5.10 Å². The summed E-state index contributed by atoms with van der Waals surface area (Å²) in [6.45, 7) is 6.03. The van der Waals surface area contributed by atoms with Crippen LogP contribution in [-0.4, -0.2) is 87.4 Å². The molecule has 1 aliphatic heterocycles. The SMILES string of the molecule is CCc1nocc1NC(=O)[C@@H](C(=O)Nc1ccc([C@H](C)[C@@H](NC(=O)c2cnns2)C(=O)N2CCN(C)CC2)cc1F)C1CCCCCC1. The number of anilines is 2. The summed E-state index contributed by atoms with van der Waals surface area (Å²) in [4.78, 5) is 58.2. The fourth-order valence-electron chi connectivity index (χ4n) is 6.44. The number of carbonyl (C=O) groups is 4. The summed E-state index contributed by atoms with van der Waals surface area (Å²) in [6.07, 6.45) is 8.50. The van der Waals surface area contributed by atoms with Gasteiger partial charge in [0.1, 0.15) is 40.3 Å². The predicted molar refractivity (Wildman–Crippen MR) is 178 cm³/mol. The van der Waals surface area contributed by atoms with Gasteiger partial charge in [0.2, 0.25) is 17.7 Å². The van der Waals surface area contributed by atoms with E-state index in [1.165, 1.54) is 24.6 Å². The highest BCUT2D eigenvalue weighted by Gasteiger charge is 2.37. The lowest BCUT2D eigenvalue weighted by atomic mass is 9.84. The van der Waals surface area contributed by atoms with Gasteiger partial charge in [0.05, 0.1) is 11.9 Å². The van der Waals surface area contributed by atoms with Gasteiger partial charge in [-0.3, -0.25) is 19.2 Å². The maximum Gasteiger partial charge on any atom is 0.265 e. The summed E-state index contributed by atoms with van der Waals surface area (Å²) in [5.74, 6) is -4.45. The van der Waals surface area contributed by atoms with Crippen molar-refractivity contribution in [1.82, 2.24) is 29.9 Å². The number of benzene rings is 1. The Balaban J connectivity index is 1.35. The molecule has 1 aliphatic carbocycles. The van der Waals surface area contributed by atoms with Crippen LogP contribution >= 0.6 is 11.5 Å². The van der Waals surface area contributed by atoms with Gasteiger partial charge in [-0.25, -0.2) is 4.39 Å². The molecule has 48 heavy (non-hydrogen) atoms. The second kappa shape index (κ2) is 16.2. The highest BCUT2D eigenvalue weighted by atomic mass is 32.1. The van der Waals surface area contributed by atoms with Crippen molar-refractivity contribution in [2.45, 2.75) is 70.8 Å². The average molecular weight is 683 g/mol. The third kappa shape index (κ3) is 8.42. The topological polar surface area (TPSA) is 163 Å². The van der Waals surface area contributed by atoms with E-state index in [0.717, 1.165) is 37.2 Å². The molecule has 2 aromatic heterocycles. The van der Waals surface area contributed by atoms with Gasteiger partial charge < -0.3 is 30.3 Å². The van der Waals surface area contributed by atoms with E-state index < -0.39 is 41.4 Å². The minimum atomic E-state index is -1.05. The molecule has 13 nitrogen and oxygen atoms in total. The van der Waals surface area contributed by atoms with Crippen LogP contribution in [0.1, 0.15) is 79.2 Å². The maximum absolute atomic E-state index is 15.8. The second-order valence-electron chi connectivity index (χ2n) is 12.6. The lowest BCUT2D eigenvalue weighted by molar-refractivity contribution is -0.135.